The lowest BCUT2D eigenvalue weighted by Gasteiger charge is -2.20. The van der Waals surface area contributed by atoms with Crippen molar-refractivity contribution < 1.29 is 21.6 Å². The van der Waals surface area contributed by atoms with Gasteiger partial charge in [0.15, 0.2) is 0 Å². The second kappa shape index (κ2) is 3.63. The third-order valence-electron chi connectivity index (χ3n) is 2.76. The number of benzene rings is 1. The van der Waals surface area contributed by atoms with Crippen molar-refractivity contribution in [1.82, 2.24) is 0 Å². The molecular formula is C10H10F3NO2S. The Morgan fingerprint density at radius 2 is 1.88 bits per heavy atom. The number of anilines is 1. The van der Waals surface area contributed by atoms with Crippen LogP contribution >= 0.6 is 0 Å². The molecular weight excluding hydrogens is 255 g/mol. The van der Waals surface area contributed by atoms with Crippen LogP contribution in [0.2, 0.25) is 0 Å². The fourth-order valence-electron chi connectivity index (χ4n) is 1.93. The number of hydrogen-bond donors (Lipinski definition) is 0. The van der Waals surface area contributed by atoms with Gasteiger partial charge in [0.25, 0.3) is 0 Å². The van der Waals surface area contributed by atoms with Crippen molar-refractivity contribution in [2.24, 2.45) is 0 Å². The first-order valence-electron chi connectivity index (χ1n) is 4.93. The monoisotopic (exact) mass is 265 g/mol. The van der Waals surface area contributed by atoms with Crippen molar-refractivity contribution in [3.8, 4) is 0 Å². The zero-order chi connectivity index (χ0) is 12.8. The first-order valence-corrected chi connectivity index (χ1v) is 6.37. The molecule has 0 saturated carbocycles. The molecule has 1 atom stereocenters. The summed E-state index contributed by atoms with van der Waals surface area (Å²) >= 11 is 0. The average Bonchev–Trinajstić information content (AvgIpc) is 2.56. The number of rotatable bonds is 1. The first kappa shape index (κ1) is 12.2. The van der Waals surface area contributed by atoms with Gasteiger partial charge in [-0.25, -0.2) is 0 Å². The number of nitrogens with zero attached hydrogens (tertiary/aromatic N) is 1. The van der Waals surface area contributed by atoms with Crippen LogP contribution in [0.1, 0.15) is 18.4 Å². The van der Waals surface area contributed by atoms with E-state index < -0.39 is 15.5 Å². The maximum atomic E-state index is 12.5. The molecule has 0 aromatic heterocycles. The molecule has 0 aliphatic carbocycles. The molecule has 7 heteroatoms. The predicted octanol–water partition coefficient (Wildman–Crippen LogP) is 2.46. The maximum absolute atomic E-state index is 12.5. The van der Waals surface area contributed by atoms with Crippen LogP contribution in [0.15, 0.2) is 24.3 Å². The largest absolute Gasteiger partial charge is 0.516 e. The van der Waals surface area contributed by atoms with Gasteiger partial charge in [-0.1, -0.05) is 25.1 Å². The summed E-state index contributed by atoms with van der Waals surface area (Å²) in [6, 6.07) is 6.24. The van der Waals surface area contributed by atoms with Crippen molar-refractivity contribution in [2.45, 2.75) is 18.3 Å². The highest BCUT2D eigenvalue weighted by Gasteiger charge is 2.52. The summed E-state index contributed by atoms with van der Waals surface area (Å²) in [5, 5.41) is 0. The number of fused-ring (bicyclic) bond motifs is 1. The Hall–Kier alpha value is -1.24. The Kier molecular flexibility index (Phi) is 2.61. The van der Waals surface area contributed by atoms with Gasteiger partial charge < -0.3 is 0 Å². The lowest BCUT2D eigenvalue weighted by atomic mass is 10.0. The van der Waals surface area contributed by atoms with Gasteiger partial charge in [-0.05, 0) is 11.6 Å². The Labute approximate surface area is 96.9 Å². The van der Waals surface area contributed by atoms with Crippen molar-refractivity contribution in [2.75, 3.05) is 10.8 Å². The van der Waals surface area contributed by atoms with Gasteiger partial charge in [-0.3, -0.25) is 4.31 Å². The SMILES string of the molecule is CC1CN(S(=O)(=O)C(F)(F)F)c2ccccc21. The summed E-state index contributed by atoms with van der Waals surface area (Å²) in [5.74, 6) is -0.233. The average molecular weight is 265 g/mol. The van der Waals surface area contributed by atoms with Gasteiger partial charge in [0.2, 0.25) is 0 Å². The molecule has 2 rings (SSSR count). The molecule has 1 aliphatic heterocycles. The molecule has 17 heavy (non-hydrogen) atoms. The van der Waals surface area contributed by atoms with E-state index in [0.29, 0.717) is 9.87 Å². The number of hydrogen-bond acceptors (Lipinski definition) is 2. The number of halogens is 3. The Morgan fingerprint density at radius 3 is 2.47 bits per heavy atom. The zero-order valence-corrected chi connectivity index (χ0v) is 9.72. The van der Waals surface area contributed by atoms with Crippen molar-refractivity contribution in [3.63, 3.8) is 0 Å². The van der Waals surface area contributed by atoms with Gasteiger partial charge in [-0.15, -0.1) is 0 Å². The molecule has 1 aliphatic rings. The second-order valence-electron chi connectivity index (χ2n) is 3.94. The Morgan fingerprint density at radius 1 is 1.29 bits per heavy atom. The van der Waals surface area contributed by atoms with E-state index in [4.69, 9.17) is 0 Å². The van der Waals surface area contributed by atoms with Crippen molar-refractivity contribution in [1.29, 1.82) is 0 Å². The number of alkyl halides is 3. The highest BCUT2D eigenvalue weighted by molar-refractivity contribution is 7.93. The van der Waals surface area contributed by atoms with Crippen LogP contribution in [0.5, 0.6) is 0 Å². The molecule has 0 bridgehead atoms. The van der Waals surface area contributed by atoms with Crippen LogP contribution in [-0.2, 0) is 10.0 Å². The maximum Gasteiger partial charge on any atom is 0.516 e. The Bertz CT molecular complexity index is 539. The van der Waals surface area contributed by atoms with Gasteiger partial charge >= 0.3 is 15.5 Å². The molecule has 0 amide bonds. The summed E-state index contributed by atoms with van der Waals surface area (Å²) in [6.45, 7) is 1.53. The molecule has 0 fully saturated rings. The van der Waals surface area contributed by atoms with Gasteiger partial charge in [0.1, 0.15) is 0 Å². The summed E-state index contributed by atoms with van der Waals surface area (Å²) in [7, 11) is -5.29. The molecule has 1 unspecified atom stereocenters. The fourth-order valence-corrected chi connectivity index (χ4v) is 3.02. The minimum absolute atomic E-state index is 0.123. The Balaban J connectivity index is 2.53. The molecule has 3 nitrogen and oxygen atoms in total. The molecule has 1 aromatic rings. The van der Waals surface area contributed by atoms with Crippen molar-refractivity contribution in [3.05, 3.63) is 29.8 Å². The summed E-state index contributed by atoms with van der Waals surface area (Å²) in [5.41, 5.74) is -4.51. The van der Waals surface area contributed by atoms with Crippen LogP contribution in [0.25, 0.3) is 0 Å². The fraction of sp³-hybridized carbons (Fsp3) is 0.400. The molecule has 0 spiro atoms. The van der Waals surface area contributed by atoms with Crippen LogP contribution < -0.4 is 4.31 Å². The van der Waals surface area contributed by atoms with Gasteiger partial charge in [-0.2, -0.15) is 21.6 Å². The molecule has 94 valence electrons. The van der Waals surface area contributed by atoms with Crippen LogP contribution in [-0.4, -0.2) is 20.5 Å². The second-order valence-corrected chi connectivity index (χ2v) is 5.80. The number of para-hydroxylation sites is 1. The molecule has 0 saturated heterocycles. The molecule has 0 N–H and O–H groups in total. The van der Waals surface area contributed by atoms with Crippen molar-refractivity contribution >= 4 is 15.7 Å². The third kappa shape index (κ3) is 1.78. The standard InChI is InChI=1S/C10H10F3NO2S/c1-7-6-14(17(15,16)10(11,12)13)9-5-3-2-4-8(7)9/h2-5,7H,6H2,1H3. The van der Waals surface area contributed by atoms with E-state index in [1.807, 2.05) is 0 Å². The zero-order valence-electron chi connectivity index (χ0n) is 8.90. The molecule has 0 radical (unpaired) electrons. The lowest BCUT2D eigenvalue weighted by molar-refractivity contribution is -0.0438. The third-order valence-corrected chi connectivity index (χ3v) is 4.27. The van der Waals surface area contributed by atoms with E-state index in [2.05, 4.69) is 0 Å². The van der Waals surface area contributed by atoms with E-state index in [-0.39, 0.29) is 18.2 Å². The van der Waals surface area contributed by atoms with E-state index >= 15 is 0 Å². The smallest absolute Gasteiger partial charge is 0.262 e. The number of sulfonamides is 1. The first-order chi connectivity index (χ1) is 7.75. The minimum Gasteiger partial charge on any atom is -0.262 e. The van der Waals surface area contributed by atoms with Crippen LogP contribution in [0.3, 0.4) is 0 Å². The lowest BCUT2D eigenvalue weighted by Crippen LogP contribution is -2.40. The van der Waals surface area contributed by atoms with Gasteiger partial charge in [0, 0.05) is 12.5 Å². The highest BCUT2D eigenvalue weighted by atomic mass is 32.2. The van der Waals surface area contributed by atoms with Gasteiger partial charge in [0.05, 0.1) is 5.69 Å². The molecule has 1 heterocycles. The van der Waals surface area contributed by atoms with E-state index in [1.54, 1.807) is 19.1 Å². The predicted molar refractivity (Wildman–Crippen MR) is 57.2 cm³/mol. The van der Waals surface area contributed by atoms with Crippen LogP contribution in [0, 0.1) is 0 Å². The normalized spacial score (nSPS) is 20.5. The van der Waals surface area contributed by atoms with Crippen LogP contribution in [0.4, 0.5) is 18.9 Å². The summed E-state index contributed by atoms with van der Waals surface area (Å²) < 4.78 is 60.6. The van der Waals surface area contributed by atoms with E-state index in [0.717, 1.165) is 0 Å². The van der Waals surface area contributed by atoms with E-state index in [1.165, 1.54) is 12.1 Å². The molecule has 1 aromatic carbocycles. The minimum atomic E-state index is -5.29. The van der Waals surface area contributed by atoms with E-state index in [9.17, 15) is 21.6 Å². The highest BCUT2D eigenvalue weighted by Crippen LogP contribution is 2.41. The summed E-state index contributed by atoms with van der Waals surface area (Å²) in [4.78, 5) is 0. The topological polar surface area (TPSA) is 37.4 Å². The quantitative estimate of drug-likeness (QED) is 0.782. The summed E-state index contributed by atoms with van der Waals surface area (Å²) in [6.07, 6.45) is 0.